The number of alkyl halides is 1. The van der Waals surface area contributed by atoms with Gasteiger partial charge in [0.05, 0.1) is 29.6 Å². The molecule has 4 atom stereocenters. The first kappa shape index (κ1) is 17.6. The first-order chi connectivity index (χ1) is 13.0. The van der Waals surface area contributed by atoms with Crippen LogP contribution in [-0.2, 0) is 10.0 Å². The van der Waals surface area contributed by atoms with Gasteiger partial charge in [-0.3, -0.25) is 5.01 Å². The molecule has 3 aliphatic rings. The first-order valence-corrected chi connectivity index (χ1v) is 11.4. The fourth-order valence-corrected chi connectivity index (χ4v) is 6.74. The van der Waals surface area contributed by atoms with E-state index in [1.807, 2.05) is 29.3 Å². The van der Waals surface area contributed by atoms with E-state index in [4.69, 9.17) is 11.6 Å². The molecular weight excluding hydrogens is 452 g/mol. The van der Waals surface area contributed by atoms with Gasteiger partial charge in [-0.25, -0.2) is 8.42 Å². The van der Waals surface area contributed by atoms with Gasteiger partial charge in [0.1, 0.15) is 6.04 Å². The van der Waals surface area contributed by atoms with Crippen molar-refractivity contribution in [3.63, 3.8) is 0 Å². The summed E-state index contributed by atoms with van der Waals surface area (Å²) >= 11 is 9.30. The van der Waals surface area contributed by atoms with Gasteiger partial charge in [0, 0.05) is 10.4 Å². The molecule has 9 heteroatoms. The Morgan fingerprint density at radius 2 is 1.70 bits per heavy atom. The van der Waals surface area contributed by atoms with Gasteiger partial charge < -0.3 is 0 Å². The molecule has 1 saturated heterocycles. The van der Waals surface area contributed by atoms with Crippen LogP contribution in [0.3, 0.4) is 0 Å². The Morgan fingerprint density at radius 1 is 1.04 bits per heavy atom. The molecule has 1 fully saturated rings. The summed E-state index contributed by atoms with van der Waals surface area (Å²) in [6, 6.07) is 13.7. The van der Waals surface area contributed by atoms with Crippen molar-refractivity contribution in [1.29, 1.82) is 0 Å². The maximum atomic E-state index is 13.6. The number of sulfonamides is 1. The smallest absolute Gasteiger partial charge is 0.244 e. The summed E-state index contributed by atoms with van der Waals surface area (Å²) in [5, 5.41) is 10.6. The van der Waals surface area contributed by atoms with Crippen molar-refractivity contribution in [3.8, 4) is 0 Å². The van der Waals surface area contributed by atoms with Gasteiger partial charge in [0.15, 0.2) is 0 Å². The van der Waals surface area contributed by atoms with Gasteiger partial charge in [-0.05, 0) is 35.4 Å². The van der Waals surface area contributed by atoms with Crippen molar-refractivity contribution in [1.82, 2.24) is 9.31 Å². The molecule has 140 valence electrons. The van der Waals surface area contributed by atoms with Crippen LogP contribution in [0.15, 0.2) is 68.2 Å². The summed E-state index contributed by atoms with van der Waals surface area (Å²) in [5.41, 5.74) is 2.06. The molecule has 2 bridgehead atoms. The highest BCUT2D eigenvalue weighted by Gasteiger charge is 2.64. The van der Waals surface area contributed by atoms with E-state index in [-0.39, 0.29) is 29.1 Å². The summed E-state index contributed by atoms with van der Waals surface area (Å²) in [5.74, 6) is 0.417. The highest BCUT2D eigenvalue weighted by atomic mass is 79.9. The first-order valence-electron chi connectivity index (χ1n) is 8.65. The predicted molar refractivity (Wildman–Crippen MR) is 105 cm³/mol. The van der Waals surface area contributed by atoms with E-state index in [1.165, 1.54) is 0 Å². The average Bonchev–Trinajstić information content (AvgIpc) is 3.31. The highest BCUT2D eigenvalue weighted by Crippen LogP contribution is 2.59. The van der Waals surface area contributed by atoms with Crippen LogP contribution in [-0.4, -0.2) is 42.2 Å². The molecule has 5 rings (SSSR count). The number of rotatable bonds is 4. The van der Waals surface area contributed by atoms with Crippen LogP contribution in [0.5, 0.6) is 0 Å². The minimum absolute atomic E-state index is 0.117. The number of fused-ring (bicyclic) bond motifs is 8. The lowest BCUT2D eigenvalue weighted by atomic mass is 9.85. The van der Waals surface area contributed by atoms with Crippen molar-refractivity contribution in [2.24, 2.45) is 10.3 Å². The van der Waals surface area contributed by atoms with E-state index in [0.29, 0.717) is 12.4 Å². The van der Waals surface area contributed by atoms with Crippen molar-refractivity contribution in [2.75, 3.05) is 12.4 Å². The van der Waals surface area contributed by atoms with E-state index in [1.54, 1.807) is 28.6 Å². The predicted octanol–water partition coefficient (Wildman–Crippen LogP) is 3.91. The molecular formula is C18H16BrClN4O2S. The number of benzene rings is 2. The van der Waals surface area contributed by atoms with E-state index in [0.717, 1.165) is 15.6 Å². The molecule has 3 aliphatic heterocycles. The van der Waals surface area contributed by atoms with Crippen LogP contribution < -0.4 is 0 Å². The number of hydrogen-bond donors (Lipinski definition) is 0. The lowest BCUT2D eigenvalue weighted by Gasteiger charge is -2.29. The maximum absolute atomic E-state index is 13.6. The van der Waals surface area contributed by atoms with Crippen molar-refractivity contribution in [2.45, 2.75) is 29.1 Å². The normalized spacial score (nSPS) is 28.6. The standard InChI is InChI=1S/C18H16BrClN4O2S/c19-11-5-7-12(8-6-11)27(25,26)24-16-13-3-1-2-4-14(13)17(24)18-15(16)21-22-23(18)10-9-20/h1-8,15-18H,9-10H2. The Kier molecular flexibility index (Phi) is 4.09. The second kappa shape index (κ2) is 6.27. The van der Waals surface area contributed by atoms with E-state index < -0.39 is 10.0 Å². The third-order valence-corrected chi connectivity index (χ3v) is 8.10. The number of hydrogen-bond acceptors (Lipinski definition) is 5. The molecule has 2 aromatic carbocycles. The van der Waals surface area contributed by atoms with Crippen molar-refractivity contribution < 1.29 is 8.42 Å². The van der Waals surface area contributed by atoms with Crippen LogP contribution in [0.4, 0.5) is 0 Å². The molecule has 0 spiro atoms. The fourth-order valence-electron chi connectivity index (χ4n) is 4.50. The van der Waals surface area contributed by atoms with Gasteiger partial charge in [-0.1, -0.05) is 45.4 Å². The molecule has 0 amide bonds. The highest BCUT2D eigenvalue weighted by molar-refractivity contribution is 9.10. The van der Waals surface area contributed by atoms with Crippen LogP contribution >= 0.6 is 27.5 Å². The molecule has 0 N–H and O–H groups in total. The van der Waals surface area contributed by atoms with Crippen LogP contribution in [0.2, 0.25) is 0 Å². The van der Waals surface area contributed by atoms with Gasteiger partial charge in [0.2, 0.25) is 10.0 Å². The van der Waals surface area contributed by atoms with E-state index >= 15 is 0 Å². The molecule has 2 aromatic rings. The Morgan fingerprint density at radius 3 is 2.37 bits per heavy atom. The SMILES string of the molecule is O=S(=O)(c1ccc(Br)cc1)N1C2c3ccccc3C1C1C2N=NN1CCCl. The Labute approximate surface area is 171 Å². The molecule has 0 radical (unpaired) electrons. The monoisotopic (exact) mass is 466 g/mol. The molecule has 0 saturated carbocycles. The van der Waals surface area contributed by atoms with Crippen molar-refractivity contribution in [3.05, 3.63) is 64.1 Å². The van der Waals surface area contributed by atoms with Crippen LogP contribution in [0.25, 0.3) is 0 Å². The average molecular weight is 468 g/mol. The topological polar surface area (TPSA) is 65.3 Å². The van der Waals surface area contributed by atoms with E-state index in [2.05, 4.69) is 26.3 Å². The Hall–Kier alpha value is -1.48. The van der Waals surface area contributed by atoms with Crippen LogP contribution in [0, 0.1) is 0 Å². The zero-order chi connectivity index (χ0) is 18.8. The van der Waals surface area contributed by atoms with Crippen LogP contribution in [0.1, 0.15) is 23.2 Å². The summed E-state index contributed by atoms with van der Waals surface area (Å²) in [4.78, 5) is 0.286. The second-order valence-corrected chi connectivity index (χ2v) is 9.98. The molecule has 4 unspecified atom stereocenters. The third kappa shape index (κ3) is 2.43. The largest absolute Gasteiger partial charge is 0.270 e. The lowest BCUT2D eigenvalue weighted by Crippen LogP contribution is -2.40. The summed E-state index contributed by atoms with van der Waals surface area (Å²) in [6.45, 7) is 0.545. The van der Waals surface area contributed by atoms with Gasteiger partial charge in [0.25, 0.3) is 0 Å². The Balaban J connectivity index is 1.64. The zero-order valence-corrected chi connectivity index (χ0v) is 17.3. The van der Waals surface area contributed by atoms with Crippen molar-refractivity contribution >= 4 is 37.6 Å². The summed E-state index contributed by atoms with van der Waals surface area (Å²) in [7, 11) is -3.69. The minimum Gasteiger partial charge on any atom is -0.270 e. The molecule has 0 aromatic heterocycles. The number of nitrogens with zero attached hydrogens (tertiary/aromatic N) is 4. The van der Waals surface area contributed by atoms with Gasteiger partial charge in [-0.15, -0.1) is 11.6 Å². The lowest BCUT2D eigenvalue weighted by molar-refractivity contribution is 0.199. The Bertz CT molecular complexity index is 1030. The maximum Gasteiger partial charge on any atom is 0.244 e. The van der Waals surface area contributed by atoms with E-state index in [9.17, 15) is 8.42 Å². The second-order valence-electron chi connectivity index (χ2n) is 6.85. The third-order valence-electron chi connectivity index (χ3n) is 5.53. The summed E-state index contributed by atoms with van der Waals surface area (Å²) in [6.07, 6.45) is 0. The van der Waals surface area contributed by atoms with Gasteiger partial charge in [-0.2, -0.15) is 9.42 Å². The quantitative estimate of drug-likeness (QED) is 0.640. The van der Waals surface area contributed by atoms with Gasteiger partial charge >= 0.3 is 0 Å². The zero-order valence-electron chi connectivity index (χ0n) is 14.1. The minimum atomic E-state index is -3.69. The summed E-state index contributed by atoms with van der Waals surface area (Å²) < 4.78 is 29.6. The molecule has 3 heterocycles. The fraction of sp³-hybridized carbons (Fsp3) is 0.333. The number of halogens is 2. The molecule has 0 aliphatic carbocycles. The molecule has 27 heavy (non-hydrogen) atoms. The molecule has 6 nitrogen and oxygen atoms in total.